The van der Waals surface area contributed by atoms with E-state index < -0.39 is 12.0 Å². The fourth-order valence-corrected chi connectivity index (χ4v) is 1.66. The lowest BCUT2D eigenvalue weighted by Gasteiger charge is -2.27. The van der Waals surface area contributed by atoms with E-state index in [1.807, 2.05) is 0 Å². The van der Waals surface area contributed by atoms with Crippen LogP contribution in [-0.2, 0) is 16.1 Å². The third-order valence-electron chi connectivity index (χ3n) is 2.50. The number of aromatic amines is 1. The molecule has 0 amide bonds. The third kappa shape index (κ3) is 2.74. The first-order valence-electron chi connectivity index (χ1n) is 5.06. The number of tetrazole rings is 1. The zero-order chi connectivity index (χ0) is 11.4. The number of hydrogen-bond acceptors (Lipinski definition) is 6. The van der Waals surface area contributed by atoms with Crippen molar-refractivity contribution in [2.45, 2.75) is 31.6 Å². The lowest BCUT2D eigenvalue weighted by Crippen LogP contribution is -2.45. The van der Waals surface area contributed by atoms with Crippen molar-refractivity contribution in [3.63, 3.8) is 0 Å². The van der Waals surface area contributed by atoms with Crippen LogP contribution in [0.15, 0.2) is 0 Å². The molecule has 88 valence electrons. The first kappa shape index (κ1) is 11.0. The second-order valence-corrected chi connectivity index (χ2v) is 3.65. The van der Waals surface area contributed by atoms with Gasteiger partial charge in [0.1, 0.15) is 12.6 Å². The summed E-state index contributed by atoms with van der Waals surface area (Å²) in [5, 5.41) is 24.9. The molecule has 1 aliphatic heterocycles. The van der Waals surface area contributed by atoms with E-state index in [9.17, 15) is 4.79 Å². The number of carboxylic acids is 1. The molecule has 3 N–H and O–H groups in total. The molecule has 0 saturated carbocycles. The van der Waals surface area contributed by atoms with Gasteiger partial charge in [0, 0.05) is 0 Å². The van der Waals surface area contributed by atoms with E-state index in [4.69, 9.17) is 9.84 Å². The number of H-pyrrole nitrogens is 1. The lowest BCUT2D eigenvalue weighted by molar-refractivity contribution is -0.141. The van der Waals surface area contributed by atoms with E-state index in [-0.39, 0.29) is 12.7 Å². The molecule has 1 aromatic heterocycles. The largest absolute Gasteiger partial charge is 0.480 e. The van der Waals surface area contributed by atoms with E-state index >= 15 is 0 Å². The minimum absolute atomic E-state index is 0.0625. The number of aliphatic carboxylic acids is 1. The molecule has 8 nitrogen and oxygen atoms in total. The molecule has 2 heterocycles. The van der Waals surface area contributed by atoms with Crippen LogP contribution < -0.4 is 5.32 Å². The number of carbonyl (C=O) groups is 1. The predicted octanol–water partition coefficient (Wildman–Crippen LogP) is -1.08. The van der Waals surface area contributed by atoms with Crippen LogP contribution in [0, 0.1) is 0 Å². The Balaban J connectivity index is 1.79. The van der Waals surface area contributed by atoms with Crippen LogP contribution >= 0.6 is 0 Å². The van der Waals surface area contributed by atoms with E-state index in [2.05, 4.69) is 25.9 Å². The molecule has 0 spiro atoms. The summed E-state index contributed by atoms with van der Waals surface area (Å²) in [5.41, 5.74) is 0. The molecule has 1 fully saturated rings. The van der Waals surface area contributed by atoms with E-state index in [1.54, 1.807) is 0 Å². The monoisotopic (exact) mass is 227 g/mol. The van der Waals surface area contributed by atoms with Crippen LogP contribution in [0.5, 0.6) is 0 Å². The maximum atomic E-state index is 10.8. The fourth-order valence-electron chi connectivity index (χ4n) is 1.66. The molecule has 1 aromatic rings. The topological polar surface area (TPSA) is 113 Å². The van der Waals surface area contributed by atoms with Crippen molar-refractivity contribution in [3.8, 4) is 0 Å². The SMILES string of the molecule is O=C(O)[C@@H]1CC(OCc2nnn[nH]2)CCN1. The number of hydrogen-bond donors (Lipinski definition) is 3. The molecule has 2 atom stereocenters. The van der Waals surface area contributed by atoms with Gasteiger partial charge in [-0.2, -0.15) is 0 Å². The number of nitrogens with one attached hydrogen (secondary N) is 2. The van der Waals surface area contributed by atoms with Crippen molar-refractivity contribution in [2.75, 3.05) is 6.54 Å². The van der Waals surface area contributed by atoms with Crippen molar-refractivity contribution in [1.82, 2.24) is 25.9 Å². The van der Waals surface area contributed by atoms with Crippen LogP contribution in [0.2, 0.25) is 0 Å². The maximum Gasteiger partial charge on any atom is 0.320 e. The minimum atomic E-state index is -0.838. The number of rotatable bonds is 4. The predicted molar refractivity (Wildman–Crippen MR) is 51.4 cm³/mol. The van der Waals surface area contributed by atoms with Gasteiger partial charge >= 0.3 is 5.97 Å². The standard InChI is InChI=1S/C8H13N5O3/c14-8(15)6-3-5(1-2-9-6)16-4-7-10-12-13-11-7/h5-6,9H,1-4H2,(H,14,15)(H,10,11,12,13)/t5?,6-/m0/s1. The van der Waals surface area contributed by atoms with Gasteiger partial charge in [0.2, 0.25) is 0 Å². The Morgan fingerprint density at radius 1 is 1.62 bits per heavy atom. The van der Waals surface area contributed by atoms with E-state index in [1.165, 1.54) is 0 Å². The van der Waals surface area contributed by atoms with Gasteiger partial charge in [0.15, 0.2) is 5.82 Å². The molecule has 1 unspecified atom stereocenters. The number of nitrogens with zero attached hydrogens (tertiary/aromatic N) is 3. The summed E-state index contributed by atoms with van der Waals surface area (Å²) in [7, 11) is 0. The average molecular weight is 227 g/mol. The third-order valence-corrected chi connectivity index (χ3v) is 2.50. The summed E-state index contributed by atoms with van der Waals surface area (Å²) in [5.74, 6) is -0.292. The summed E-state index contributed by atoms with van der Waals surface area (Å²) in [6.07, 6.45) is 1.20. The van der Waals surface area contributed by atoms with Crippen LogP contribution in [0.4, 0.5) is 0 Å². The lowest BCUT2D eigenvalue weighted by atomic mass is 10.0. The van der Waals surface area contributed by atoms with Crippen molar-refractivity contribution in [2.24, 2.45) is 0 Å². The van der Waals surface area contributed by atoms with Crippen molar-refractivity contribution in [3.05, 3.63) is 5.82 Å². The molecule has 1 saturated heterocycles. The second-order valence-electron chi connectivity index (χ2n) is 3.65. The van der Waals surface area contributed by atoms with Gasteiger partial charge in [-0.1, -0.05) is 0 Å². The van der Waals surface area contributed by atoms with Crippen molar-refractivity contribution >= 4 is 5.97 Å². The summed E-state index contributed by atoms with van der Waals surface area (Å²) >= 11 is 0. The quantitative estimate of drug-likeness (QED) is 0.599. The summed E-state index contributed by atoms with van der Waals surface area (Å²) in [6, 6.07) is -0.522. The summed E-state index contributed by atoms with van der Waals surface area (Å²) in [6.45, 7) is 0.931. The molecule has 0 aliphatic carbocycles. The van der Waals surface area contributed by atoms with Crippen LogP contribution in [0.3, 0.4) is 0 Å². The first-order valence-corrected chi connectivity index (χ1v) is 5.06. The number of aromatic nitrogens is 4. The second kappa shape index (κ2) is 4.99. The highest BCUT2D eigenvalue weighted by Crippen LogP contribution is 2.13. The molecule has 8 heteroatoms. The zero-order valence-corrected chi connectivity index (χ0v) is 8.59. The van der Waals surface area contributed by atoms with Gasteiger partial charge in [0.25, 0.3) is 0 Å². The molecule has 0 aromatic carbocycles. The minimum Gasteiger partial charge on any atom is -0.480 e. The van der Waals surface area contributed by atoms with Crippen molar-refractivity contribution in [1.29, 1.82) is 0 Å². The van der Waals surface area contributed by atoms with E-state index in [0.29, 0.717) is 18.8 Å². The van der Waals surface area contributed by atoms with Crippen LogP contribution in [0.25, 0.3) is 0 Å². The Bertz CT molecular complexity index is 341. The number of carboxylic acid groups (broad SMARTS) is 1. The highest BCUT2D eigenvalue weighted by Gasteiger charge is 2.26. The van der Waals surface area contributed by atoms with Crippen molar-refractivity contribution < 1.29 is 14.6 Å². The van der Waals surface area contributed by atoms with Gasteiger partial charge < -0.3 is 15.2 Å². The van der Waals surface area contributed by atoms with Gasteiger partial charge in [-0.05, 0) is 29.8 Å². The molecule has 16 heavy (non-hydrogen) atoms. The molecule has 1 aliphatic rings. The molecule has 0 radical (unpaired) electrons. The van der Waals surface area contributed by atoms with Gasteiger partial charge in [-0.15, -0.1) is 5.10 Å². The zero-order valence-electron chi connectivity index (χ0n) is 8.59. The molecule has 2 rings (SSSR count). The Labute approximate surface area is 91.4 Å². The number of piperidine rings is 1. The Morgan fingerprint density at radius 2 is 2.50 bits per heavy atom. The van der Waals surface area contributed by atoms with Crippen LogP contribution in [0.1, 0.15) is 18.7 Å². The van der Waals surface area contributed by atoms with Gasteiger partial charge in [-0.3, -0.25) is 4.79 Å². The average Bonchev–Trinajstić information content (AvgIpc) is 2.79. The Morgan fingerprint density at radius 3 is 3.19 bits per heavy atom. The smallest absolute Gasteiger partial charge is 0.320 e. The molecular formula is C8H13N5O3. The fraction of sp³-hybridized carbons (Fsp3) is 0.750. The Hall–Kier alpha value is -1.54. The van der Waals surface area contributed by atoms with Crippen LogP contribution in [-0.4, -0.2) is 50.4 Å². The summed E-state index contributed by atoms with van der Waals surface area (Å²) in [4.78, 5) is 10.8. The number of ether oxygens (including phenoxy) is 1. The van der Waals surface area contributed by atoms with Gasteiger partial charge in [0.05, 0.1) is 6.10 Å². The first-order chi connectivity index (χ1) is 7.75. The molecular weight excluding hydrogens is 214 g/mol. The maximum absolute atomic E-state index is 10.8. The van der Waals surface area contributed by atoms with E-state index in [0.717, 1.165) is 6.42 Å². The highest BCUT2D eigenvalue weighted by molar-refractivity contribution is 5.73. The normalized spacial score (nSPS) is 25.5. The van der Waals surface area contributed by atoms with Gasteiger partial charge in [-0.25, -0.2) is 5.10 Å². The summed E-state index contributed by atoms with van der Waals surface area (Å²) < 4.78 is 5.53. The molecule has 0 bridgehead atoms. The Kier molecular flexibility index (Phi) is 3.42. The highest BCUT2D eigenvalue weighted by atomic mass is 16.5.